The normalized spacial score (nSPS) is 14.1. The minimum absolute atomic E-state index is 0.0485. The molecule has 0 radical (unpaired) electrons. The van der Waals surface area contributed by atoms with E-state index in [2.05, 4.69) is 20.9 Å². The standard InChI is InChI=1S/C24H27N7O9.C2HF3O2/c1-29(13-21(32)26-18-10-11-25-12-18)22(27-23(33)39-14-16-2-6-19(7-3-16)30(35)36)28-24(34)40-15-17-4-8-20(9-5-17)31(37)38;3-2(4,5)1(6)7/h2-9,18,25H,10-15H2,1H3,(H,26,32)(H,27,28,33,34);(H,6,7)/t18-;/m0./s1. The number of ether oxygens (including phenoxy) is 2. The number of benzene rings is 2. The van der Waals surface area contributed by atoms with Crippen molar-refractivity contribution in [1.82, 2.24) is 20.9 Å². The van der Waals surface area contributed by atoms with Crippen molar-refractivity contribution in [1.29, 1.82) is 0 Å². The number of aliphatic imine (C=N–C) groups is 1. The predicted octanol–water partition coefficient (Wildman–Crippen LogP) is 2.47. The largest absolute Gasteiger partial charge is 0.490 e. The number of halogens is 3. The third kappa shape index (κ3) is 13.8. The lowest BCUT2D eigenvalue weighted by molar-refractivity contribution is -0.385. The smallest absolute Gasteiger partial charge is 0.475 e. The number of guanidine groups is 1. The summed E-state index contributed by atoms with van der Waals surface area (Å²) < 4.78 is 41.9. The van der Waals surface area contributed by atoms with Crippen LogP contribution in [-0.2, 0) is 32.3 Å². The molecule has 0 aromatic heterocycles. The van der Waals surface area contributed by atoms with Crippen LogP contribution in [0.4, 0.5) is 34.1 Å². The van der Waals surface area contributed by atoms with Crippen molar-refractivity contribution in [2.75, 3.05) is 26.7 Å². The molecular weight excluding hydrogens is 643 g/mol. The number of non-ortho nitro benzene ring substituents is 2. The van der Waals surface area contributed by atoms with E-state index < -0.39 is 34.2 Å². The zero-order valence-electron chi connectivity index (χ0n) is 24.4. The fourth-order valence-corrected chi connectivity index (χ4v) is 3.52. The average Bonchev–Trinajstić information content (AvgIpc) is 3.51. The summed E-state index contributed by atoms with van der Waals surface area (Å²) in [6.07, 6.45) is -6.43. The molecule has 0 aliphatic carbocycles. The van der Waals surface area contributed by atoms with E-state index in [1.165, 1.54) is 60.5 Å². The topological polar surface area (TPSA) is 245 Å². The number of alkyl halides is 3. The van der Waals surface area contributed by atoms with Crippen LogP contribution >= 0.6 is 0 Å². The van der Waals surface area contributed by atoms with Crippen molar-refractivity contribution < 1.29 is 56.8 Å². The predicted molar refractivity (Wildman–Crippen MR) is 153 cm³/mol. The van der Waals surface area contributed by atoms with Gasteiger partial charge in [0.25, 0.3) is 11.4 Å². The van der Waals surface area contributed by atoms with Gasteiger partial charge in [-0.05, 0) is 48.4 Å². The number of hydrogen-bond acceptors (Lipinski definition) is 11. The Balaban J connectivity index is 0.000000984. The lowest BCUT2D eigenvalue weighted by Gasteiger charge is -2.21. The number of nitrogens with one attached hydrogen (secondary N) is 3. The first-order chi connectivity index (χ1) is 22.0. The van der Waals surface area contributed by atoms with E-state index in [1.807, 2.05) is 0 Å². The van der Waals surface area contributed by atoms with Gasteiger partial charge >= 0.3 is 24.3 Å². The SMILES string of the molecule is CN(CC(=O)N[C@H]1CCNC1)C(=NC(=O)OCc1ccc([N+](=O)[O-])cc1)NC(=O)OCc1ccc([N+](=O)[O-])cc1.O=C(O)C(F)(F)F. The Labute approximate surface area is 262 Å². The second-order valence-corrected chi connectivity index (χ2v) is 9.45. The molecule has 21 heteroatoms. The highest BCUT2D eigenvalue weighted by Gasteiger charge is 2.38. The minimum atomic E-state index is -5.08. The monoisotopic (exact) mass is 671 g/mol. The van der Waals surface area contributed by atoms with Crippen LogP contribution in [0.1, 0.15) is 17.5 Å². The van der Waals surface area contributed by atoms with E-state index in [9.17, 15) is 47.8 Å². The summed E-state index contributed by atoms with van der Waals surface area (Å²) in [4.78, 5) is 71.6. The number of alkyl carbamates (subject to hydrolysis) is 1. The molecule has 0 spiro atoms. The molecule has 254 valence electrons. The second-order valence-electron chi connectivity index (χ2n) is 9.45. The molecule has 0 bridgehead atoms. The van der Waals surface area contributed by atoms with Gasteiger partial charge in [0.2, 0.25) is 11.9 Å². The highest BCUT2D eigenvalue weighted by atomic mass is 19.4. The zero-order chi connectivity index (χ0) is 35.1. The molecule has 0 unspecified atom stereocenters. The second kappa shape index (κ2) is 17.6. The highest BCUT2D eigenvalue weighted by molar-refractivity contribution is 6.00. The number of rotatable bonds is 9. The lowest BCUT2D eigenvalue weighted by atomic mass is 10.2. The highest BCUT2D eigenvalue weighted by Crippen LogP contribution is 2.14. The summed E-state index contributed by atoms with van der Waals surface area (Å²) in [5.74, 6) is -3.46. The van der Waals surface area contributed by atoms with Crippen LogP contribution in [0.3, 0.4) is 0 Å². The molecule has 3 amide bonds. The van der Waals surface area contributed by atoms with Gasteiger partial charge in [-0.1, -0.05) is 0 Å². The van der Waals surface area contributed by atoms with Crippen LogP contribution in [-0.4, -0.2) is 88.8 Å². The fourth-order valence-electron chi connectivity index (χ4n) is 3.52. The van der Waals surface area contributed by atoms with Crippen molar-refractivity contribution in [2.24, 2.45) is 4.99 Å². The third-order valence-electron chi connectivity index (χ3n) is 5.85. The number of carbonyl (C=O) groups excluding carboxylic acids is 3. The molecule has 1 aliphatic heterocycles. The number of nitro groups is 2. The molecule has 1 fully saturated rings. The zero-order valence-corrected chi connectivity index (χ0v) is 24.4. The molecule has 1 atom stereocenters. The number of hydrogen-bond donors (Lipinski definition) is 4. The summed E-state index contributed by atoms with van der Waals surface area (Å²) in [5.41, 5.74) is 0.687. The van der Waals surface area contributed by atoms with E-state index in [0.717, 1.165) is 13.0 Å². The Morgan fingerprint density at radius 1 is 0.979 bits per heavy atom. The molecule has 1 aliphatic rings. The molecule has 0 saturated carbocycles. The van der Waals surface area contributed by atoms with Crippen LogP contribution in [0, 0.1) is 20.2 Å². The molecule has 47 heavy (non-hydrogen) atoms. The fraction of sp³-hybridized carbons (Fsp3) is 0.346. The van der Waals surface area contributed by atoms with Crippen molar-refractivity contribution in [2.45, 2.75) is 31.9 Å². The molecule has 3 rings (SSSR count). The molecule has 4 N–H and O–H groups in total. The van der Waals surface area contributed by atoms with Gasteiger partial charge in [-0.3, -0.25) is 30.3 Å². The van der Waals surface area contributed by atoms with Crippen molar-refractivity contribution in [3.05, 3.63) is 79.9 Å². The maximum atomic E-state index is 12.5. The first kappa shape index (κ1) is 37.3. The van der Waals surface area contributed by atoms with Crippen LogP contribution in [0.15, 0.2) is 53.5 Å². The number of nitro benzene ring substituents is 2. The molecule has 1 heterocycles. The number of carbonyl (C=O) groups is 4. The van der Waals surface area contributed by atoms with Gasteiger partial charge in [0.15, 0.2) is 0 Å². The van der Waals surface area contributed by atoms with Gasteiger partial charge in [0.05, 0.1) is 16.4 Å². The Morgan fingerprint density at radius 3 is 1.89 bits per heavy atom. The van der Waals surface area contributed by atoms with E-state index in [1.54, 1.807) is 0 Å². The summed E-state index contributed by atoms with van der Waals surface area (Å²) in [6.45, 7) is 0.653. The van der Waals surface area contributed by atoms with Gasteiger partial charge in [-0.15, -0.1) is 4.99 Å². The number of likely N-dealkylation sites (N-methyl/N-ethyl adjacent to an activating group) is 1. The number of nitrogens with zero attached hydrogens (tertiary/aromatic N) is 4. The van der Waals surface area contributed by atoms with E-state index >= 15 is 0 Å². The van der Waals surface area contributed by atoms with Crippen LogP contribution in [0.25, 0.3) is 0 Å². The summed E-state index contributed by atoms with van der Waals surface area (Å²) >= 11 is 0. The minimum Gasteiger partial charge on any atom is -0.475 e. The molecular formula is C26H28F3N7O11. The number of carboxylic acids is 1. The van der Waals surface area contributed by atoms with Gasteiger partial charge in [0, 0.05) is 43.9 Å². The summed E-state index contributed by atoms with van der Waals surface area (Å²) in [7, 11) is 1.42. The van der Waals surface area contributed by atoms with Gasteiger partial charge in [0.1, 0.15) is 13.2 Å². The Hall–Kier alpha value is -5.86. The Morgan fingerprint density at radius 2 is 1.47 bits per heavy atom. The van der Waals surface area contributed by atoms with E-state index in [0.29, 0.717) is 17.7 Å². The van der Waals surface area contributed by atoms with Crippen LogP contribution in [0.5, 0.6) is 0 Å². The van der Waals surface area contributed by atoms with Gasteiger partial charge < -0.3 is 30.1 Å². The first-order valence-electron chi connectivity index (χ1n) is 13.2. The van der Waals surface area contributed by atoms with Crippen molar-refractivity contribution >= 4 is 41.4 Å². The number of carboxylic acid groups (broad SMARTS) is 1. The quantitative estimate of drug-likeness (QED) is 0.130. The number of aliphatic carboxylic acids is 1. The van der Waals surface area contributed by atoms with Gasteiger partial charge in [-0.25, -0.2) is 14.4 Å². The third-order valence-corrected chi connectivity index (χ3v) is 5.85. The molecule has 1 saturated heterocycles. The summed E-state index contributed by atoms with van der Waals surface area (Å²) in [5, 5.41) is 37.0. The maximum absolute atomic E-state index is 12.5. The lowest BCUT2D eigenvalue weighted by Crippen LogP contribution is -2.48. The van der Waals surface area contributed by atoms with Crippen molar-refractivity contribution in [3.8, 4) is 0 Å². The van der Waals surface area contributed by atoms with Crippen molar-refractivity contribution in [3.63, 3.8) is 0 Å². The average molecular weight is 672 g/mol. The van der Waals surface area contributed by atoms with Gasteiger partial charge in [-0.2, -0.15) is 13.2 Å². The summed E-state index contributed by atoms with van der Waals surface area (Å²) in [6, 6.07) is 10.7. The Kier molecular flexibility index (Phi) is 14.0. The molecule has 2 aromatic rings. The van der Waals surface area contributed by atoms with Crippen LogP contribution < -0.4 is 16.0 Å². The van der Waals surface area contributed by atoms with Crippen LogP contribution in [0.2, 0.25) is 0 Å². The Bertz CT molecular complexity index is 1460. The number of amides is 3. The molecule has 2 aromatic carbocycles. The molecule has 18 nitrogen and oxygen atoms in total. The van der Waals surface area contributed by atoms with E-state index in [4.69, 9.17) is 19.4 Å². The maximum Gasteiger partial charge on any atom is 0.490 e. The first-order valence-corrected chi connectivity index (χ1v) is 13.2. The van der Waals surface area contributed by atoms with E-state index in [-0.39, 0.29) is 49.0 Å².